The Labute approximate surface area is 232 Å². The summed E-state index contributed by atoms with van der Waals surface area (Å²) in [7, 11) is 1.50. The third-order valence-corrected chi connectivity index (χ3v) is 6.53. The number of rotatable bonds is 11. The number of fused-ring (bicyclic) bond motifs is 1. The molecule has 0 spiro atoms. The molecule has 4 rings (SSSR count). The lowest BCUT2D eigenvalue weighted by Gasteiger charge is -2.36. The van der Waals surface area contributed by atoms with Crippen molar-refractivity contribution in [2.45, 2.75) is 13.3 Å². The highest BCUT2D eigenvalue weighted by atomic mass is 35.5. The molecule has 11 heteroatoms. The van der Waals surface area contributed by atoms with Crippen LogP contribution in [0, 0.1) is 0 Å². The van der Waals surface area contributed by atoms with E-state index in [4.69, 9.17) is 25.8 Å². The Hall–Kier alpha value is -3.89. The predicted octanol–water partition coefficient (Wildman–Crippen LogP) is 3.50. The van der Waals surface area contributed by atoms with Gasteiger partial charge in [-0.3, -0.25) is 14.7 Å². The molecular weight excluding hydrogens is 522 g/mol. The molecule has 3 aromatic rings. The fourth-order valence-corrected chi connectivity index (χ4v) is 4.48. The van der Waals surface area contributed by atoms with Crippen molar-refractivity contribution in [3.63, 3.8) is 0 Å². The Morgan fingerprint density at radius 3 is 2.69 bits per heavy atom. The topological polar surface area (TPSA) is 106 Å². The average Bonchev–Trinajstić information content (AvgIpc) is 2.95. The third-order valence-electron chi connectivity index (χ3n) is 6.29. The van der Waals surface area contributed by atoms with E-state index in [1.54, 1.807) is 25.1 Å². The molecule has 1 aromatic heterocycles. The molecule has 1 saturated heterocycles. The minimum absolute atomic E-state index is 0.160. The maximum absolute atomic E-state index is 12.3. The van der Waals surface area contributed by atoms with Crippen molar-refractivity contribution in [1.82, 2.24) is 15.3 Å². The smallest absolute Gasteiger partial charge is 0.344 e. The van der Waals surface area contributed by atoms with Crippen molar-refractivity contribution in [2.24, 2.45) is 5.10 Å². The van der Waals surface area contributed by atoms with E-state index in [9.17, 15) is 9.59 Å². The summed E-state index contributed by atoms with van der Waals surface area (Å²) >= 11 is 6.12. The number of nitrogens with zero attached hydrogens (tertiary/aromatic N) is 4. The number of pyridine rings is 1. The van der Waals surface area contributed by atoms with Gasteiger partial charge in [-0.15, -0.1) is 0 Å². The number of ether oxygens (including phenoxy) is 3. The van der Waals surface area contributed by atoms with Crippen LogP contribution in [0.25, 0.3) is 10.9 Å². The quantitative estimate of drug-likeness (QED) is 0.218. The van der Waals surface area contributed by atoms with Gasteiger partial charge in [0.05, 0.1) is 25.4 Å². The van der Waals surface area contributed by atoms with Crippen LogP contribution in [0.2, 0.25) is 5.02 Å². The molecule has 39 heavy (non-hydrogen) atoms. The van der Waals surface area contributed by atoms with Gasteiger partial charge in [-0.25, -0.2) is 10.2 Å². The van der Waals surface area contributed by atoms with Gasteiger partial charge in [-0.05, 0) is 55.0 Å². The Morgan fingerprint density at radius 2 is 1.92 bits per heavy atom. The lowest BCUT2D eigenvalue weighted by molar-refractivity contribution is -0.145. The number of benzene rings is 2. The summed E-state index contributed by atoms with van der Waals surface area (Å²) in [5, 5.41) is 5.82. The zero-order valence-electron chi connectivity index (χ0n) is 22.1. The summed E-state index contributed by atoms with van der Waals surface area (Å²) in [4.78, 5) is 32.9. The lowest BCUT2D eigenvalue weighted by atomic mass is 10.1. The number of piperazine rings is 1. The Morgan fingerprint density at radius 1 is 1.10 bits per heavy atom. The Kier molecular flexibility index (Phi) is 9.93. The van der Waals surface area contributed by atoms with Crippen LogP contribution in [0.15, 0.2) is 53.8 Å². The molecule has 0 aliphatic carbocycles. The highest BCUT2D eigenvalue weighted by molar-refractivity contribution is 6.31. The summed E-state index contributed by atoms with van der Waals surface area (Å²) < 4.78 is 15.6. The molecule has 206 valence electrons. The monoisotopic (exact) mass is 553 g/mol. The number of anilines is 1. The number of nitrogens with one attached hydrogen (secondary N) is 1. The van der Waals surface area contributed by atoms with Crippen LogP contribution in [-0.4, -0.2) is 81.0 Å². The fourth-order valence-electron chi connectivity index (χ4n) is 4.31. The summed E-state index contributed by atoms with van der Waals surface area (Å²) in [6, 6.07) is 13.0. The van der Waals surface area contributed by atoms with E-state index in [1.807, 2.05) is 30.5 Å². The Bertz CT molecular complexity index is 1330. The van der Waals surface area contributed by atoms with Crippen LogP contribution in [0.1, 0.15) is 18.9 Å². The zero-order chi connectivity index (χ0) is 27.6. The van der Waals surface area contributed by atoms with Gasteiger partial charge in [0.25, 0.3) is 0 Å². The van der Waals surface area contributed by atoms with Gasteiger partial charge in [-0.1, -0.05) is 11.6 Å². The molecule has 0 bridgehead atoms. The number of carbonyl (C=O) groups excluding carboxylic acids is 2. The molecule has 1 aliphatic rings. The molecule has 1 amide bonds. The number of hydrogen-bond donors (Lipinski definition) is 1. The first kappa shape index (κ1) is 28.1. The van der Waals surface area contributed by atoms with Crippen molar-refractivity contribution >= 4 is 46.3 Å². The molecule has 1 N–H and O–H groups in total. The first-order valence-electron chi connectivity index (χ1n) is 12.8. The highest BCUT2D eigenvalue weighted by Crippen LogP contribution is 2.29. The maximum atomic E-state index is 12.3. The van der Waals surface area contributed by atoms with Gasteiger partial charge in [0.2, 0.25) is 5.91 Å². The SMILES string of the molecule is CCOC(=O)COc1ccc(/C=N/NC(=O)CCN2CCN(c3ccnc4cc(Cl)ccc34)CC2)cc1OC. The molecule has 2 heterocycles. The summed E-state index contributed by atoms with van der Waals surface area (Å²) in [5.74, 6) is 0.237. The van der Waals surface area contributed by atoms with E-state index >= 15 is 0 Å². The molecule has 1 fully saturated rings. The second-order valence-corrected chi connectivity index (χ2v) is 9.30. The average molecular weight is 554 g/mol. The number of esters is 1. The standard InChI is InChI=1S/C28H32ClN5O5/c1-3-38-28(36)19-39-25-7-4-20(16-26(25)37-2)18-31-32-27(35)9-11-33-12-14-34(15-13-33)24-8-10-30-23-17-21(29)5-6-22(23)24/h4-8,10,16-18H,3,9,11-15,19H2,1-2H3,(H,32,35)/b31-18+. The van der Waals surface area contributed by atoms with Crippen molar-refractivity contribution < 1.29 is 23.8 Å². The molecule has 0 unspecified atom stereocenters. The second-order valence-electron chi connectivity index (χ2n) is 8.87. The molecule has 0 radical (unpaired) electrons. The first-order valence-corrected chi connectivity index (χ1v) is 13.1. The number of aromatic nitrogens is 1. The summed E-state index contributed by atoms with van der Waals surface area (Å²) in [6.45, 7) is 5.91. The van der Waals surface area contributed by atoms with Gasteiger partial charge >= 0.3 is 5.97 Å². The number of halogens is 1. The third kappa shape index (κ3) is 7.81. The highest BCUT2D eigenvalue weighted by Gasteiger charge is 2.19. The van der Waals surface area contributed by atoms with Crippen LogP contribution in [-0.2, 0) is 14.3 Å². The maximum Gasteiger partial charge on any atom is 0.344 e. The lowest BCUT2D eigenvalue weighted by Crippen LogP contribution is -2.47. The first-order chi connectivity index (χ1) is 19.0. The predicted molar refractivity (Wildman–Crippen MR) is 151 cm³/mol. The van der Waals surface area contributed by atoms with E-state index in [-0.39, 0.29) is 19.1 Å². The van der Waals surface area contributed by atoms with Crippen LogP contribution >= 0.6 is 11.6 Å². The molecule has 10 nitrogen and oxygen atoms in total. The number of methoxy groups -OCH3 is 1. The zero-order valence-corrected chi connectivity index (χ0v) is 22.8. The van der Waals surface area contributed by atoms with Crippen LogP contribution in [0.5, 0.6) is 11.5 Å². The number of amides is 1. The summed E-state index contributed by atoms with van der Waals surface area (Å²) in [6.07, 6.45) is 3.69. The van der Waals surface area contributed by atoms with Crippen LogP contribution < -0.4 is 19.8 Å². The minimum Gasteiger partial charge on any atom is -0.493 e. The van der Waals surface area contributed by atoms with Gasteiger partial charge in [0.1, 0.15) is 0 Å². The number of carbonyl (C=O) groups is 2. The Balaban J connectivity index is 1.21. The van der Waals surface area contributed by atoms with Gasteiger partial charge in [0, 0.05) is 61.4 Å². The number of hydrazone groups is 1. The molecule has 1 aliphatic heterocycles. The van der Waals surface area contributed by atoms with Crippen LogP contribution in [0.4, 0.5) is 5.69 Å². The van der Waals surface area contributed by atoms with Crippen molar-refractivity contribution in [3.05, 3.63) is 59.2 Å². The number of hydrogen-bond acceptors (Lipinski definition) is 9. The van der Waals surface area contributed by atoms with E-state index in [0.717, 1.165) is 42.8 Å². The normalized spacial score (nSPS) is 14.0. The minimum atomic E-state index is -0.456. The largest absolute Gasteiger partial charge is 0.493 e. The second kappa shape index (κ2) is 13.8. The molecule has 0 atom stereocenters. The summed E-state index contributed by atoms with van der Waals surface area (Å²) in [5.41, 5.74) is 5.32. The van der Waals surface area contributed by atoms with Crippen molar-refractivity contribution in [2.75, 3.05) is 57.9 Å². The van der Waals surface area contributed by atoms with Crippen molar-refractivity contribution in [1.29, 1.82) is 0 Å². The van der Waals surface area contributed by atoms with E-state index < -0.39 is 5.97 Å². The van der Waals surface area contributed by atoms with Crippen molar-refractivity contribution in [3.8, 4) is 11.5 Å². The molecule has 0 saturated carbocycles. The molecular formula is C28H32ClN5O5. The van der Waals surface area contributed by atoms with Gasteiger partial charge in [-0.2, -0.15) is 5.10 Å². The fraction of sp³-hybridized carbons (Fsp3) is 0.357. The van der Waals surface area contributed by atoms with E-state index in [1.165, 1.54) is 13.3 Å². The molecule has 2 aromatic carbocycles. The van der Waals surface area contributed by atoms with E-state index in [0.29, 0.717) is 35.1 Å². The van der Waals surface area contributed by atoms with Gasteiger partial charge < -0.3 is 19.1 Å². The van der Waals surface area contributed by atoms with Crippen LogP contribution in [0.3, 0.4) is 0 Å². The van der Waals surface area contributed by atoms with E-state index in [2.05, 4.69) is 25.3 Å². The van der Waals surface area contributed by atoms with Gasteiger partial charge in [0.15, 0.2) is 18.1 Å².